The summed E-state index contributed by atoms with van der Waals surface area (Å²) in [6, 6.07) is 8.02. The van der Waals surface area contributed by atoms with Crippen LogP contribution < -0.4 is 5.69 Å². The van der Waals surface area contributed by atoms with Gasteiger partial charge in [-0.2, -0.15) is 18.2 Å². The minimum absolute atomic E-state index is 0.125. The first-order chi connectivity index (χ1) is 9.95. The second-order valence-corrected chi connectivity index (χ2v) is 4.36. The average molecular weight is 291 g/mol. The number of rotatable bonds is 1. The number of H-pyrrole nitrogens is 1. The highest BCUT2D eigenvalue weighted by molar-refractivity contribution is 5.91. The van der Waals surface area contributed by atoms with Gasteiger partial charge in [0.1, 0.15) is 5.69 Å². The number of fused-ring (bicyclic) bond motifs is 1. The predicted molar refractivity (Wildman–Crippen MR) is 70.6 cm³/mol. The smallest absolute Gasteiger partial charge is 0.305 e. The molecule has 0 aliphatic rings. The highest BCUT2D eigenvalue weighted by Gasteiger charge is 2.30. The SMILES string of the molecule is O=c1nc(-c2ccccn2)c2cc(C(F)(F)F)ccc2[nH]1. The van der Waals surface area contributed by atoms with E-state index in [0.717, 1.165) is 12.1 Å². The van der Waals surface area contributed by atoms with Gasteiger partial charge in [0, 0.05) is 11.6 Å². The predicted octanol–water partition coefficient (Wildman–Crippen LogP) is 3.00. The maximum Gasteiger partial charge on any atom is 0.416 e. The number of nitrogens with zero attached hydrogens (tertiary/aromatic N) is 2. The van der Waals surface area contributed by atoms with Crippen LogP contribution in [0.2, 0.25) is 0 Å². The molecule has 0 aliphatic heterocycles. The van der Waals surface area contributed by atoms with E-state index in [1.54, 1.807) is 18.2 Å². The zero-order valence-corrected chi connectivity index (χ0v) is 10.5. The number of aromatic nitrogens is 3. The zero-order valence-electron chi connectivity index (χ0n) is 10.5. The molecule has 4 nitrogen and oxygen atoms in total. The van der Waals surface area contributed by atoms with Crippen molar-refractivity contribution in [2.24, 2.45) is 0 Å². The van der Waals surface area contributed by atoms with Gasteiger partial charge >= 0.3 is 11.9 Å². The van der Waals surface area contributed by atoms with Gasteiger partial charge in [0.15, 0.2) is 0 Å². The number of benzene rings is 1. The molecule has 0 saturated carbocycles. The molecule has 0 fully saturated rings. The summed E-state index contributed by atoms with van der Waals surface area (Å²) in [7, 11) is 0. The van der Waals surface area contributed by atoms with Gasteiger partial charge in [-0.25, -0.2) is 4.79 Å². The molecule has 1 N–H and O–H groups in total. The first-order valence-electron chi connectivity index (χ1n) is 5.98. The normalized spacial score (nSPS) is 11.8. The molecule has 1 aromatic carbocycles. The quantitative estimate of drug-likeness (QED) is 0.749. The molecular weight excluding hydrogens is 283 g/mol. The minimum atomic E-state index is -4.47. The summed E-state index contributed by atoms with van der Waals surface area (Å²) in [6.45, 7) is 0. The third kappa shape index (κ3) is 2.49. The van der Waals surface area contributed by atoms with Crippen LogP contribution in [0.1, 0.15) is 5.56 Å². The number of hydrogen-bond acceptors (Lipinski definition) is 3. The molecule has 0 atom stereocenters. The Bertz CT molecular complexity index is 857. The Labute approximate surface area is 116 Å². The molecule has 0 saturated heterocycles. The topological polar surface area (TPSA) is 58.6 Å². The summed E-state index contributed by atoms with van der Waals surface area (Å²) in [5.74, 6) is 0. The molecule has 0 aliphatic carbocycles. The van der Waals surface area contributed by atoms with E-state index in [4.69, 9.17) is 0 Å². The minimum Gasteiger partial charge on any atom is -0.305 e. The highest BCUT2D eigenvalue weighted by atomic mass is 19.4. The van der Waals surface area contributed by atoms with Crippen LogP contribution in [-0.4, -0.2) is 15.0 Å². The maximum atomic E-state index is 12.8. The van der Waals surface area contributed by atoms with Gasteiger partial charge in [-0.15, -0.1) is 0 Å². The van der Waals surface area contributed by atoms with Crippen molar-refractivity contribution in [2.75, 3.05) is 0 Å². The van der Waals surface area contributed by atoms with E-state index >= 15 is 0 Å². The van der Waals surface area contributed by atoms with Crippen LogP contribution in [0.5, 0.6) is 0 Å². The van der Waals surface area contributed by atoms with Crippen molar-refractivity contribution in [3.8, 4) is 11.4 Å². The van der Waals surface area contributed by atoms with E-state index in [1.807, 2.05) is 0 Å². The number of nitrogens with one attached hydrogen (secondary N) is 1. The van der Waals surface area contributed by atoms with Gasteiger partial charge < -0.3 is 4.98 Å². The van der Waals surface area contributed by atoms with Crippen LogP contribution >= 0.6 is 0 Å². The summed E-state index contributed by atoms with van der Waals surface area (Å²) < 4.78 is 38.5. The standard InChI is InChI=1S/C14H8F3N3O/c15-14(16,17)8-4-5-10-9(7-8)12(20-13(21)19-10)11-3-1-2-6-18-11/h1-7H,(H,19,20,21). The van der Waals surface area contributed by atoms with Gasteiger partial charge in [0.05, 0.1) is 16.8 Å². The van der Waals surface area contributed by atoms with Crippen molar-refractivity contribution in [1.82, 2.24) is 15.0 Å². The number of halogens is 3. The summed E-state index contributed by atoms with van der Waals surface area (Å²) in [6.07, 6.45) is -2.98. The van der Waals surface area contributed by atoms with E-state index < -0.39 is 17.4 Å². The lowest BCUT2D eigenvalue weighted by Gasteiger charge is -2.09. The molecule has 0 unspecified atom stereocenters. The first-order valence-corrected chi connectivity index (χ1v) is 5.98. The van der Waals surface area contributed by atoms with Crippen LogP contribution in [0.25, 0.3) is 22.3 Å². The van der Waals surface area contributed by atoms with Crippen molar-refractivity contribution in [3.63, 3.8) is 0 Å². The zero-order chi connectivity index (χ0) is 15.0. The van der Waals surface area contributed by atoms with E-state index in [0.29, 0.717) is 5.69 Å². The number of alkyl halides is 3. The lowest BCUT2D eigenvalue weighted by molar-refractivity contribution is -0.137. The maximum absolute atomic E-state index is 12.8. The Morgan fingerprint density at radius 2 is 1.90 bits per heavy atom. The van der Waals surface area contributed by atoms with Crippen LogP contribution in [0.4, 0.5) is 13.2 Å². The molecule has 0 spiro atoms. The van der Waals surface area contributed by atoms with Crippen molar-refractivity contribution in [2.45, 2.75) is 6.18 Å². The molecular formula is C14H8F3N3O. The monoisotopic (exact) mass is 291 g/mol. The van der Waals surface area contributed by atoms with E-state index in [9.17, 15) is 18.0 Å². The number of hydrogen-bond donors (Lipinski definition) is 1. The van der Waals surface area contributed by atoms with Crippen LogP contribution in [0.15, 0.2) is 47.4 Å². The Hall–Kier alpha value is -2.70. The summed E-state index contributed by atoms with van der Waals surface area (Å²) >= 11 is 0. The van der Waals surface area contributed by atoms with Gasteiger partial charge in [0.2, 0.25) is 0 Å². The summed E-state index contributed by atoms with van der Waals surface area (Å²) in [4.78, 5) is 21.7. The molecule has 2 aromatic heterocycles. The van der Waals surface area contributed by atoms with Crippen molar-refractivity contribution in [3.05, 3.63) is 58.6 Å². The third-order valence-corrected chi connectivity index (χ3v) is 2.96. The third-order valence-electron chi connectivity index (χ3n) is 2.96. The highest BCUT2D eigenvalue weighted by Crippen LogP contribution is 2.32. The molecule has 3 rings (SSSR count). The van der Waals surface area contributed by atoms with Crippen molar-refractivity contribution >= 4 is 10.9 Å². The fourth-order valence-electron chi connectivity index (χ4n) is 2.03. The second kappa shape index (κ2) is 4.69. The van der Waals surface area contributed by atoms with Gasteiger partial charge in [0.25, 0.3) is 0 Å². The van der Waals surface area contributed by atoms with Crippen LogP contribution in [-0.2, 0) is 6.18 Å². The van der Waals surface area contributed by atoms with Crippen LogP contribution in [0, 0.1) is 0 Å². The molecule has 106 valence electrons. The number of pyridine rings is 1. The molecule has 0 radical (unpaired) electrons. The molecule has 0 amide bonds. The molecule has 2 heterocycles. The van der Waals surface area contributed by atoms with Crippen LogP contribution in [0.3, 0.4) is 0 Å². The Morgan fingerprint density at radius 3 is 2.57 bits per heavy atom. The van der Waals surface area contributed by atoms with E-state index in [-0.39, 0.29) is 16.6 Å². The Morgan fingerprint density at radius 1 is 1.10 bits per heavy atom. The lowest BCUT2D eigenvalue weighted by Crippen LogP contribution is -2.12. The first kappa shape index (κ1) is 13.3. The Kier molecular flexibility index (Phi) is 2.97. The molecule has 21 heavy (non-hydrogen) atoms. The summed E-state index contributed by atoms with van der Waals surface area (Å²) in [5, 5.41) is 0.197. The second-order valence-electron chi connectivity index (χ2n) is 4.36. The van der Waals surface area contributed by atoms with Gasteiger partial charge in [-0.1, -0.05) is 6.07 Å². The lowest BCUT2D eigenvalue weighted by atomic mass is 10.1. The molecule has 0 bridgehead atoms. The van der Waals surface area contributed by atoms with Crippen molar-refractivity contribution in [1.29, 1.82) is 0 Å². The largest absolute Gasteiger partial charge is 0.416 e. The fraction of sp³-hybridized carbons (Fsp3) is 0.0714. The summed E-state index contributed by atoms with van der Waals surface area (Å²) in [5.41, 5.74) is -0.694. The Balaban J connectivity index is 2.35. The average Bonchev–Trinajstić information content (AvgIpc) is 2.46. The van der Waals surface area contributed by atoms with Gasteiger partial charge in [-0.3, -0.25) is 4.98 Å². The number of aromatic amines is 1. The molecule has 3 aromatic rings. The fourth-order valence-corrected chi connectivity index (χ4v) is 2.03. The van der Waals surface area contributed by atoms with Crippen molar-refractivity contribution < 1.29 is 13.2 Å². The van der Waals surface area contributed by atoms with E-state index in [2.05, 4.69) is 15.0 Å². The van der Waals surface area contributed by atoms with E-state index in [1.165, 1.54) is 12.3 Å². The van der Waals surface area contributed by atoms with Gasteiger partial charge in [-0.05, 0) is 30.3 Å². The molecule has 7 heteroatoms.